The third kappa shape index (κ3) is 5.72. The Labute approximate surface area is 179 Å². The van der Waals surface area contributed by atoms with Crippen LogP contribution in [0.2, 0.25) is 0 Å². The predicted molar refractivity (Wildman–Crippen MR) is 114 cm³/mol. The van der Waals surface area contributed by atoms with Gasteiger partial charge in [0.15, 0.2) is 0 Å². The highest BCUT2D eigenvalue weighted by molar-refractivity contribution is 5.77. The molecule has 0 aliphatic rings. The van der Waals surface area contributed by atoms with Crippen molar-refractivity contribution in [1.29, 1.82) is 0 Å². The number of hydrogen-bond acceptors (Lipinski definition) is 5. The van der Waals surface area contributed by atoms with Gasteiger partial charge in [-0.25, -0.2) is 9.18 Å². The number of nitrogens with one attached hydrogen (secondary N) is 1. The highest BCUT2D eigenvalue weighted by Crippen LogP contribution is 2.33. The van der Waals surface area contributed by atoms with Crippen molar-refractivity contribution in [3.05, 3.63) is 93.3 Å². The zero-order valence-electron chi connectivity index (χ0n) is 17.4. The van der Waals surface area contributed by atoms with Crippen molar-refractivity contribution in [3.63, 3.8) is 0 Å². The maximum Gasteiger partial charge on any atom is 0.343 e. The fourth-order valence-electron chi connectivity index (χ4n) is 3.40. The van der Waals surface area contributed by atoms with Gasteiger partial charge in [0.05, 0.1) is 12.7 Å². The molecule has 6 nitrogen and oxygen atoms in total. The van der Waals surface area contributed by atoms with Gasteiger partial charge in [-0.05, 0) is 48.7 Å². The fourth-order valence-corrected chi connectivity index (χ4v) is 3.40. The van der Waals surface area contributed by atoms with E-state index in [0.29, 0.717) is 24.3 Å². The Morgan fingerprint density at radius 1 is 1.16 bits per heavy atom. The van der Waals surface area contributed by atoms with Gasteiger partial charge in [-0.15, -0.1) is 0 Å². The molecular weight excluding hydrogens is 401 g/mol. The first-order chi connectivity index (χ1) is 14.9. The van der Waals surface area contributed by atoms with E-state index in [9.17, 15) is 19.1 Å². The average molecular weight is 425 g/mol. The summed E-state index contributed by atoms with van der Waals surface area (Å²) in [4.78, 5) is 25.1. The van der Waals surface area contributed by atoms with Crippen molar-refractivity contribution >= 4 is 5.91 Å². The summed E-state index contributed by atoms with van der Waals surface area (Å²) in [6, 6.07) is 14.4. The molecule has 0 saturated carbocycles. The lowest BCUT2D eigenvalue weighted by atomic mass is 9.88. The maximum absolute atomic E-state index is 13.0. The molecule has 1 amide bonds. The van der Waals surface area contributed by atoms with Crippen LogP contribution >= 0.6 is 0 Å². The molecule has 31 heavy (non-hydrogen) atoms. The van der Waals surface area contributed by atoms with Crippen molar-refractivity contribution in [2.75, 3.05) is 13.7 Å². The van der Waals surface area contributed by atoms with E-state index in [1.54, 1.807) is 50.4 Å². The summed E-state index contributed by atoms with van der Waals surface area (Å²) < 4.78 is 23.3. The third-order valence-corrected chi connectivity index (χ3v) is 4.99. The van der Waals surface area contributed by atoms with Gasteiger partial charge in [0, 0.05) is 24.9 Å². The highest BCUT2D eigenvalue weighted by Gasteiger charge is 2.25. The molecule has 0 saturated heterocycles. The first-order valence-corrected chi connectivity index (χ1v) is 9.86. The second-order valence-electron chi connectivity index (χ2n) is 7.20. The van der Waals surface area contributed by atoms with E-state index in [0.717, 1.165) is 5.56 Å². The van der Waals surface area contributed by atoms with Gasteiger partial charge in [-0.2, -0.15) is 0 Å². The van der Waals surface area contributed by atoms with Crippen LogP contribution in [0.4, 0.5) is 4.39 Å². The first-order valence-electron chi connectivity index (χ1n) is 9.86. The van der Waals surface area contributed by atoms with Gasteiger partial charge in [0.2, 0.25) is 5.91 Å². The molecule has 0 spiro atoms. The molecule has 1 unspecified atom stereocenters. The summed E-state index contributed by atoms with van der Waals surface area (Å²) in [6.45, 7) is 1.92. The number of benzene rings is 2. The molecule has 3 rings (SSSR count). The first kappa shape index (κ1) is 22.1. The fraction of sp³-hybridized carbons (Fsp3) is 0.250. The van der Waals surface area contributed by atoms with Crippen molar-refractivity contribution in [1.82, 2.24) is 5.32 Å². The molecule has 0 aliphatic heterocycles. The summed E-state index contributed by atoms with van der Waals surface area (Å²) in [5, 5.41) is 13.2. The summed E-state index contributed by atoms with van der Waals surface area (Å²) in [5.74, 6) is -0.605. The van der Waals surface area contributed by atoms with Gasteiger partial charge in [-0.1, -0.05) is 24.3 Å². The molecule has 0 bridgehead atoms. The monoisotopic (exact) mass is 425 g/mol. The molecular formula is C24H24FNO5. The number of hydrogen-bond donors (Lipinski definition) is 2. The van der Waals surface area contributed by atoms with Crippen LogP contribution in [0.15, 0.2) is 63.8 Å². The van der Waals surface area contributed by atoms with Crippen LogP contribution in [0.5, 0.6) is 11.5 Å². The molecule has 2 N–H and O–H groups in total. The SMILES string of the molecule is COc1ccc(C(CC(=O)NCCc2ccc(F)cc2)c2c(O)cc(C)oc2=O)cc1. The smallest absolute Gasteiger partial charge is 0.343 e. The second kappa shape index (κ2) is 9.93. The second-order valence-corrected chi connectivity index (χ2v) is 7.20. The molecule has 1 atom stereocenters. The van der Waals surface area contributed by atoms with Crippen LogP contribution in [0.1, 0.15) is 34.8 Å². The van der Waals surface area contributed by atoms with E-state index in [1.165, 1.54) is 18.2 Å². The summed E-state index contributed by atoms with van der Waals surface area (Å²) in [6.07, 6.45) is 0.480. The van der Waals surface area contributed by atoms with E-state index >= 15 is 0 Å². The quantitative estimate of drug-likeness (QED) is 0.575. The number of ether oxygens (including phenoxy) is 1. The molecule has 7 heteroatoms. The van der Waals surface area contributed by atoms with Crippen LogP contribution in [-0.2, 0) is 11.2 Å². The van der Waals surface area contributed by atoms with Crippen molar-refractivity contribution in [3.8, 4) is 11.5 Å². The standard InChI is InChI=1S/C24H24FNO5/c1-15-13-21(27)23(24(29)31-15)20(17-5-9-19(30-2)10-6-17)14-22(28)26-12-11-16-3-7-18(25)8-4-16/h3-10,13,20,27H,11-12,14H2,1-2H3,(H,26,28). The predicted octanol–water partition coefficient (Wildman–Crippen LogP) is 3.68. The van der Waals surface area contributed by atoms with E-state index in [-0.39, 0.29) is 35.2 Å². The number of rotatable bonds is 8. The Morgan fingerprint density at radius 3 is 2.45 bits per heavy atom. The number of amides is 1. The minimum Gasteiger partial charge on any atom is -0.507 e. The van der Waals surface area contributed by atoms with Gasteiger partial charge < -0.3 is 19.6 Å². The number of methoxy groups -OCH3 is 1. The van der Waals surface area contributed by atoms with Crippen LogP contribution in [0, 0.1) is 12.7 Å². The molecule has 0 fully saturated rings. The number of carbonyl (C=O) groups excluding carboxylic acids is 1. The van der Waals surface area contributed by atoms with E-state index in [2.05, 4.69) is 5.32 Å². The number of aromatic hydroxyl groups is 1. The van der Waals surface area contributed by atoms with Crippen LogP contribution < -0.4 is 15.7 Å². The third-order valence-electron chi connectivity index (χ3n) is 4.99. The molecule has 1 aromatic heterocycles. The highest BCUT2D eigenvalue weighted by atomic mass is 19.1. The lowest BCUT2D eigenvalue weighted by Gasteiger charge is -2.18. The van der Waals surface area contributed by atoms with Crippen molar-refractivity contribution < 1.29 is 23.4 Å². The van der Waals surface area contributed by atoms with Gasteiger partial charge in [-0.3, -0.25) is 4.79 Å². The van der Waals surface area contributed by atoms with E-state index in [1.807, 2.05) is 0 Å². The van der Waals surface area contributed by atoms with Crippen LogP contribution in [0.25, 0.3) is 0 Å². The van der Waals surface area contributed by atoms with Crippen molar-refractivity contribution in [2.24, 2.45) is 0 Å². The molecule has 2 aromatic carbocycles. The van der Waals surface area contributed by atoms with E-state index < -0.39 is 11.5 Å². The Balaban J connectivity index is 1.78. The maximum atomic E-state index is 13.0. The lowest BCUT2D eigenvalue weighted by Crippen LogP contribution is -2.28. The lowest BCUT2D eigenvalue weighted by molar-refractivity contribution is -0.121. The Morgan fingerprint density at radius 2 is 1.84 bits per heavy atom. The minimum atomic E-state index is -0.700. The Kier molecular flexibility index (Phi) is 7.07. The molecule has 3 aromatic rings. The van der Waals surface area contributed by atoms with Gasteiger partial charge >= 0.3 is 5.63 Å². The molecule has 1 heterocycles. The summed E-state index contributed by atoms with van der Waals surface area (Å²) >= 11 is 0. The van der Waals surface area contributed by atoms with Crippen molar-refractivity contribution in [2.45, 2.75) is 25.7 Å². The zero-order chi connectivity index (χ0) is 22.4. The Bertz CT molecular complexity index is 1090. The van der Waals surface area contributed by atoms with Crippen LogP contribution in [0.3, 0.4) is 0 Å². The van der Waals surface area contributed by atoms with Crippen LogP contribution in [-0.4, -0.2) is 24.7 Å². The summed E-state index contributed by atoms with van der Waals surface area (Å²) in [7, 11) is 1.54. The van der Waals surface area contributed by atoms with E-state index in [4.69, 9.17) is 9.15 Å². The van der Waals surface area contributed by atoms with Gasteiger partial charge in [0.25, 0.3) is 0 Å². The molecule has 162 valence electrons. The Hall–Kier alpha value is -3.61. The normalized spacial score (nSPS) is 11.7. The molecule has 0 aliphatic carbocycles. The van der Waals surface area contributed by atoms with Gasteiger partial charge in [0.1, 0.15) is 23.1 Å². The topological polar surface area (TPSA) is 88.8 Å². The summed E-state index contributed by atoms with van der Waals surface area (Å²) in [5.41, 5.74) is 0.910. The number of halogens is 1. The molecule has 0 radical (unpaired) electrons. The largest absolute Gasteiger partial charge is 0.507 e. The number of aryl methyl sites for hydroxylation is 1. The average Bonchev–Trinajstić information content (AvgIpc) is 2.74. The number of carbonyl (C=O) groups is 1. The zero-order valence-corrected chi connectivity index (χ0v) is 17.4. The minimum absolute atomic E-state index is 0.0319.